The molecule has 3 N–H and O–H groups in total. The van der Waals surface area contributed by atoms with Crippen LogP contribution in [-0.4, -0.2) is 37.8 Å². The maximum Gasteiger partial charge on any atom is 0.239 e. The Morgan fingerprint density at radius 2 is 2.04 bits per heavy atom. The number of aromatic nitrogens is 1. The van der Waals surface area contributed by atoms with Gasteiger partial charge in [-0.3, -0.25) is 4.79 Å². The second kappa shape index (κ2) is 8.85. The molecule has 0 bridgehead atoms. The molecule has 0 saturated heterocycles. The molecule has 1 aromatic carbocycles. The minimum absolute atomic E-state index is 0.159. The van der Waals surface area contributed by atoms with Gasteiger partial charge in [-0.1, -0.05) is 12.1 Å². The third-order valence-electron chi connectivity index (χ3n) is 3.24. The molecule has 7 heteroatoms. The summed E-state index contributed by atoms with van der Waals surface area (Å²) < 4.78 is 15.8. The number of methoxy groups -OCH3 is 2. The second-order valence-corrected chi connectivity index (χ2v) is 5.03. The smallest absolute Gasteiger partial charge is 0.239 e. The number of carbonyl (C=O) groups is 1. The van der Waals surface area contributed by atoms with Crippen LogP contribution in [0.1, 0.15) is 5.56 Å². The van der Waals surface area contributed by atoms with E-state index in [0.29, 0.717) is 17.4 Å². The first-order valence-electron chi connectivity index (χ1n) is 7.42. The van der Waals surface area contributed by atoms with E-state index in [-0.39, 0.29) is 19.1 Å². The van der Waals surface area contributed by atoms with Crippen molar-refractivity contribution in [3.05, 3.63) is 48.2 Å². The largest absolute Gasteiger partial charge is 0.497 e. The van der Waals surface area contributed by atoms with Crippen LogP contribution in [0.2, 0.25) is 0 Å². The maximum absolute atomic E-state index is 11.9. The number of hydrogen-bond acceptors (Lipinski definition) is 6. The molecule has 0 aliphatic rings. The molecule has 1 aromatic heterocycles. The molecule has 0 fully saturated rings. The number of nitrogens with zero attached hydrogens (tertiary/aromatic N) is 1. The Morgan fingerprint density at radius 1 is 1.25 bits per heavy atom. The lowest BCUT2D eigenvalue weighted by molar-refractivity contribution is -0.123. The van der Waals surface area contributed by atoms with E-state index in [0.717, 1.165) is 5.56 Å². The highest BCUT2D eigenvalue weighted by Gasteiger charge is 2.14. The summed E-state index contributed by atoms with van der Waals surface area (Å²) in [4.78, 5) is 16.1. The van der Waals surface area contributed by atoms with Gasteiger partial charge in [0.05, 0.1) is 13.7 Å². The molecule has 7 nitrogen and oxygen atoms in total. The quantitative estimate of drug-likeness (QED) is 0.760. The fourth-order valence-corrected chi connectivity index (χ4v) is 2.00. The Balaban J connectivity index is 2.05. The van der Waals surface area contributed by atoms with E-state index >= 15 is 0 Å². The molecule has 2 rings (SSSR count). The van der Waals surface area contributed by atoms with Crippen molar-refractivity contribution in [2.45, 2.75) is 12.6 Å². The summed E-state index contributed by atoms with van der Waals surface area (Å²) >= 11 is 0. The lowest BCUT2D eigenvalue weighted by atomic mass is 10.2. The van der Waals surface area contributed by atoms with Gasteiger partial charge in [0.1, 0.15) is 17.5 Å². The topological polar surface area (TPSA) is 95.7 Å². The lowest BCUT2D eigenvalue weighted by Gasteiger charge is -2.13. The number of pyridine rings is 1. The summed E-state index contributed by atoms with van der Waals surface area (Å²) in [5.74, 6) is 1.39. The van der Waals surface area contributed by atoms with Crippen molar-refractivity contribution in [1.82, 2.24) is 10.3 Å². The summed E-state index contributed by atoms with van der Waals surface area (Å²) in [7, 11) is 3.08. The van der Waals surface area contributed by atoms with Gasteiger partial charge in [-0.25, -0.2) is 4.98 Å². The fraction of sp³-hybridized carbons (Fsp3) is 0.294. The number of nitrogens with one attached hydrogen (secondary N) is 1. The molecule has 0 radical (unpaired) electrons. The Bertz CT molecular complexity index is 678. The molecule has 0 saturated carbocycles. The van der Waals surface area contributed by atoms with Gasteiger partial charge < -0.3 is 25.3 Å². The molecule has 0 aliphatic carbocycles. The van der Waals surface area contributed by atoms with Gasteiger partial charge in [0.2, 0.25) is 11.8 Å². The van der Waals surface area contributed by atoms with Gasteiger partial charge in [-0.15, -0.1) is 0 Å². The molecule has 0 spiro atoms. The lowest BCUT2D eigenvalue weighted by Crippen LogP contribution is -2.43. The molecular formula is C17H21N3O4. The van der Waals surface area contributed by atoms with Gasteiger partial charge in [0.15, 0.2) is 0 Å². The first-order chi connectivity index (χ1) is 11.6. The number of carbonyl (C=O) groups excluding carboxylic acids is 1. The van der Waals surface area contributed by atoms with E-state index in [2.05, 4.69) is 10.3 Å². The Morgan fingerprint density at radius 3 is 2.79 bits per heavy atom. The summed E-state index contributed by atoms with van der Waals surface area (Å²) in [5.41, 5.74) is 6.42. The van der Waals surface area contributed by atoms with Gasteiger partial charge in [0, 0.05) is 31.5 Å². The van der Waals surface area contributed by atoms with E-state index in [1.165, 1.54) is 7.11 Å². The molecule has 24 heavy (non-hydrogen) atoms. The zero-order valence-corrected chi connectivity index (χ0v) is 13.7. The minimum atomic E-state index is -0.713. The highest BCUT2D eigenvalue weighted by molar-refractivity contribution is 5.81. The summed E-state index contributed by atoms with van der Waals surface area (Å²) in [6.45, 7) is 0.412. The molecule has 2 aromatic rings. The van der Waals surface area contributed by atoms with Crippen LogP contribution in [0.4, 0.5) is 0 Å². The average molecular weight is 331 g/mol. The molecule has 0 aliphatic heterocycles. The van der Waals surface area contributed by atoms with Gasteiger partial charge >= 0.3 is 0 Å². The minimum Gasteiger partial charge on any atom is -0.497 e. The van der Waals surface area contributed by atoms with Crippen molar-refractivity contribution in [3.8, 4) is 17.4 Å². The van der Waals surface area contributed by atoms with Crippen LogP contribution in [0.25, 0.3) is 0 Å². The standard InChI is InChI=1S/C17H21N3O4/c1-22-11-15(18)16(21)20-10-12-5-4-8-19-17(12)24-14-7-3-6-13(9-14)23-2/h3-9,15H,10-11,18H2,1-2H3,(H,20,21). The molecule has 1 unspecified atom stereocenters. The van der Waals surface area contributed by atoms with Crippen LogP contribution in [0.3, 0.4) is 0 Å². The maximum atomic E-state index is 11.9. The van der Waals surface area contributed by atoms with E-state index in [1.54, 1.807) is 31.5 Å². The van der Waals surface area contributed by atoms with Gasteiger partial charge in [-0.2, -0.15) is 0 Å². The second-order valence-electron chi connectivity index (χ2n) is 5.03. The molecule has 1 amide bonds. The van der Waals surface area contributed by atoms with Gasteiger partial charge in [0.25, 0.3) is 0 Å². The van der Waals surface area contributed by atoms with Crippen molar-refractivity contribution < 1.29 is 19.0 Å². The van der Waals surface area contributed by atoms with Crippen LogP contribution in [-0.2, 0) is 16.1 Å². The Kier molecular flexibility index (Phi) is 6.53. The SMILES string of the molecule is COCC(N)C(=O)NCc1cccnc1Oc1cccc(OC)c1. The molecular weight excluding hydrogens is 310 g/mol. The zero-order chi connectivity index (χ0) is 17.4. The number of amides is 1. The predicted octanol–water partition coefficient (Wildman–Crippen LogP) is 1.47. The third kappa shape index (κ3) is 4.94. The predicted molar refractivity (Wildman–Crippen MR) is 89.0 cm³/mol. The molecule has 1 heterocycles. The van der Waals surface area contributed by atoms with Crippen LogP contribution in [0, 0.1) is 0 Å². The normalized spacial score (nSPS) is 11.6. The zero-order valence-electron chi connectivity index (χ0n) is 13.7. The number of ether oxygens (including phenoxy) is 3. The van der Waals surface area contributed by atoms with E-state index in [9.17, 15) is 4.79 Å². The van der Waals surface area contributed by atoms with E-state index in [1.807, 2.05) is 18.2 Å². The van der Waals surface area contributed by atoms with Crippen molar-refractivity contribution >= 4 is 5.91 Å². The summed E-state index contributed by atoms with van der Waals surface area (Å²) in [5, 5.41) is 2.74. The van der Waals surface area contributed by atoms with Crippen LogP contribution in [0.15, 0.2) is 42.6 Å². The highest BCUT2D eigenvalue weighted by Crippen LogP contribution is 2.26. The fourth-order valence-electron chi connectivity index (χ4n) is 2.00. The molecule has 1 atom stereocenters. The van der Waals surface area contributed by atoms with Crippen molar-refractivity contribution in [2.24, 2.45) is 5.73 Å². The van der Waals surface area contributed by atoms with Crippen LogP contribution < -0.4 is 20.5 Å². The Hall–Kier alpha value is -2.64. The first kappa shape index (κ1) is 17.7. The first-order valence-corrected chi connectivity index (χ1v) is 7.42. The monoisotopic (exact) mass is 331 g/mol. The van der Waals surface area contributed by atoms with Crippen molar-refractivity contribution in [2.75, 3.05) is 20.8 Å². The Labute approximate surface area is 140 Å². The summed E-state index contributed by atoms with van der Waals surface area (Å²) in [6.07, 6.45) is 1.62. The van der Waals surface area contributed by atoms with E-state index < -0.39 is 6.04 Å². The van der Waals surface area contributed by atoms with Crippen LogP contribution in [0.5, 0.6) is 17.4 Å². The number of rotatable bonds is 8. The van der Waals surface area contributed by atoms with Gasteiger partial charge in [-0.05, 0) is 18.2 Å². The number of nitrogens with two attached hydrogens (primary N) is 1. The van der Waals surface area contributed by atoms with Crippen LogP contribution >= 0.6 is 0 Å². The summed E-state index contributed by atoms with van der Waals surface area (Å²) in [6, 6.07) is 10.1. The van der Waals surface area contributed by atoms with Crippen molar-refractivity contribution in [3.63, 3.8) is 0 Å². The average Bonchev–Trinajstić information content (AvgIpc) is 2.61. The van der Waals surface area contributed by atoms with E-state index in [4.69, 9.17) is 19.9 Å². The third-order valence-corrected chi connectivity index (χ3v) is 3.24. The molecule has 128 valence electrons. The number of benzene rings is 1. The number of hydrogen-bond donors (Lipinski definition) is 2. The van der Waals surface area contributed by atoms with Crippen molar-refractivity contribution in [1.29, 1.82) is 0 Å². The highest BCUT2D eigenvalue weighted by atomic mass is 16.5.